The Morgan fingerprint density at radius 3 is 2.10 bits per heavy atom. The first-order valence-electron chi connectivity index (χ1n) is 17.4. The van der Waals surface area contributed by atoms with E-state index >= 15 is 0 Å². The number of allylic oxidation sites excluding steroid dienone is 4. The number of hydrogen-bond acceptors (Lipinski definition) is 2. The molecule has 3 heterocycles. The van der Waals surface area contributed by atoms with Crippen molar-refractivity contribution in [1.29, 1.82) is 0 Å². The smallest absolute Gasteiger partial charge is 0.0702 e. The van der Waals surface area contributed by atoms with Crippen molar-refractivity contribution in [3.05, 3.63) is 200 Å². The summed E-state index contributed by atoms with van der Waals surface area (Å²) in [6.45, 7) is 5.27. The Kier molecular flexibility index (Phi) is 7.71. The van der Waals surface area contributed by atoms with Crippen LogP contribution >= 0.6 is 0 Å². The van der Waals surface area contributed by atoms with Crippen molar-refractivity contribution in [2.75, 3.05) is 11.4 Å². The molecule has 8 aromatic rings. The molecule has 0 saturated carbocycles. The average molecular weight is 654 g/mol. The van der Waals surface area contributed by atoms with Crippen LogP contribution in [-0.4, -0.2) is 16.1 Å². The largest absolute Gasteiger partial charge is 0.337 e. The highest BCUT2D eigenvalue weighted by Gasteiger charge is 2.18. The predicted molar refractivity (Wildman–Crippen MR) is 216 cm³/mol. The molecule has 0 atom stereocenters. The fourth-order valence-corrected chi connectivity index (χ4v) is 7.29. The fourth-order valence-electron chi connectivity index (χ4n) is 7.29. The molecule has 0 spiro atoms. The molecule has 1 aliphatic rings. The maximum absolute atomic E-state index is 4.60. The minimum absolute atomic E-state index is 0.752. The van der Waals surface area contributed by atoms with Gasteiger partial charge >= 0.3 is 0 Å². The van der Waals surface area contributed by atoms with Crippen LogP contribution < -0.4 is 4.90 Å². The van der Waals surface area contributed by atoms with E-state index in [-0.39, 0.29) is 0 Å². The highest BCUT2D eigenvalue weighted by molar-refractivity contribution is 6.10. The third-order valence-electron chi connectivity index (χ3n) is 9.82. The van der Waals surface area contributed by atoms with Crippen molar-refractivity contribution in [3.63, 3.8) is 0 Å². The highest BCUT2D eigenvalue weighted by Crippen LogP contribution is 2.40. The van der Waals surface area contributed by atoms with Gasteiger partial charge < -0.3 is 9.47 Å². The molecule has 242 valence electrons. The zero-order valence-electron chi connectivity index (χ0n) is 28.2. The van der Waals surface area contributed by atoms with Gasteiger partial charge in [-0.25, -0.2) is 0 Å². The minimum atomic E-state index is 0.752. The molecule has 0 radical (unpaired) electrons. The van der Waals surface area contributed by atoms with Gasteiger partial charge in [0, 0.05) is 51.7 Å². The first-order chi connectivity index (χ1) is 25.2. The molecule has 0 saturated heterocycles. The lowest BCUT2D eigenvalue weighted by Gasteiger charge is -2.27. The van der Waals surface area contributed by atoms with E-state index < -0.39 is 0 Å². The quantitative estimate of drug-likeness (QED) is 0.184. The molecule has 3 heteroatoms. The summed E-state index contributed by atoms with van der Waals surface area (Å²) in [5.41, 5.74) is 14.7. The van der Waals surface area contributed by atoms with Crippen LogP contribution in [0.3, 0.4) is 0 Å². The molecule has 0 aliphatic carbocycles. The van der Waals surface area contributed by atoms with E-state index in [1.54, 1.807) is 0 Å². The zero-order chi connectivity index (χ0) is 34.1. The average Bonchev–Trinajstić information content (AvgIpc) is 3.56. The highest BCUT2D eigenvalue weighted by atomic mass is 15.1. The standard InChI is InChI=1S/C48H35N3/c1-34-13-4-3-11-30-50(40-25-21-36(22-26-40)35-14-5-2-6-15-35)46-27-23-37(32-43(34)46)38-24-28-48-44(33-38)42-18-7-8-20-47(42)51(48)41-17-12-16-39(31-41)45-19-9-10-29-49-45/h2-29,31-33H,1,30H2/b11-3-,13-4-. The van der Waals surface area contributed by atoms with Crippen molar-refractivity contribution in [2.24, 2.45) is 0 Å². The van der Waals surface area contributed by atoms with Crippen molar-refractivity contribution in [3.8, 4) is 39.2 Å². The van der Waals surface area contributed by atoms with Gasteiger partial charge in [0.2, 0.25) is 0 Å². The number of fused-ring (bicyclic) bond motifs is 4. The number of hydrogen-bond donors (Lipinski definition) is 0. The Hall–Kier alpha value is -6.71. The van der Waals surface area contributed by atoms with Gasteiger partial charge in [-0.3, -0.25) is 4.98 Å². The van der Waals surface area contributed by atoms with Crippen LogP contribution in [0.5, 0.6) is 0 Å². The van der Waals surface area contributed by atoms with Crippen LogP contribution in [-0.2, 0) is 0 Å². The topological polar surface area (TPSA) is 21.1 Å². The maximum atomic E-state index is 4.60. The normalized spacial score (nSPS) is 14.1. The summed E-state index contributed by atoms with van der Waals surface area (Å²) < 4.78 is 2.37. The Balaban J connectivity index is 1.13. The second-order valence-electron chi connectivity index (χ2n) is 12.9. The van der Waals surface area contributed by atoms with Gasteiger partial charge in [-0.05, 0) is 94.6 Å². The van der Waals surface area contributed by atoms with Crippen LogP contribution in [0, 0.1) is 0 Å². The van der Waals surface area contributed by atoms with Gasteiger partial charge in [-0.15, -0.1) is 0 Å². The van der Waals surface area contributed by atoms with Crippen LogP contribution in [0.4, 0.5) is 11.4 Å². The van der Waals surface area contributed by atoms with Crippen LogP contribution in [0.25, 0.3) is 66.6 Å². The molecule has 2 aromatic heterocycles. The summed E-state index contributed by atoms with van der Waals surface area (Å²) >= 11 is 0. The summed E-state index contributed by atoms with van der Waals surface area (Å²) in [7, 11) is 0. The van der Waals surface area contributed by atoms with Crippen LogP contribution in [0.15, 0.2) is 195 Å². The van der Waals surface area contributed by atoms with Gasteiger partial charge in [0.05, 0.1) is 16.7 Å². The molecular formula is C48H35N3. The summed E-state index contributed by atoms with van der Waals surface area (Å²) in [5.74, 6) is 0. The molecule has 9 rings (SSSR count). The molecule has 0 N–H and O–H groups in total. The number of nitrogens with zero attached hydrogens (tertiary/aromatic N) is 3. The molecule has 0 amide bonds. The third kappa shape index (κ3) is 5.65. The SMILES string of the molecule is C=C1/C=C\C=C/CN(c2ccc(-c3ccccc3)cc2)c2ccc(-c3ccc4c(c3)c3ccccc3n4-c3cccc(-c4ccccn4)c3)cc21. The Morgan fingerprint density at radius 1 is 0.510 bits per heavy atom. The number of aromatic nitrogens is 2. The number of rotatable bonds is 5. The second-order valence-corrected chi connectivity index (χ2v) is 12.9. The second kappa shape index (κ2) is 13.0. The van der Waals surface area contributed by atoms with Crippen molar-refractivity contribution >= 4 is 38.8 Å². The van der Waals surface area contributed by atoms with Gasteiger partial charge in [-0.1, -0.05) is 122 Å². The molecule has 0 fully saturated rings. The van der Waals surface area contributed by atoms with Crippen molar-refractivity contribution < 1.29 is 0 Å². The van der Waals surface area contributed by atoms with Gasteiger partial charge in [-0.2, -0.15) is 0 Å². The van der Waals surface area contributed by atoms with E-state index in [4.69, 9.17) is 0 Å². The predicted octanol–water partition coefficient (Wildman–Crippen LogP) is 12.5. The monoisotopic (exact) mass is 653 g/mol. The molecular weight excluding hydrogens is 619 g/mol. The first-order valence-corrected chi connectivity index (χ1v) is 17.4. The van der Waals surface area contributed by atoms with Gasteiger partial charge in [0.25, 0.3) is 0 Å². The van der Waals surface area contributed by atoms with E-state index in [0.29, 0.717) is 0 Å². The molecule has 51 heavy (non-hydrogen) atoms. The van der Waals surface area contributed by atoms with E-state index in [1.165, 1.54) is 38.5 Å². The first kappa shape index (κ1) is 30.4. The summed E-state index contributed by atoms with van der Waals surface area (Å²) in [4.78, 5) is 6.98. The molecule has 0 bridgehead atoms. The lowest BCUT2D eigenvalue weighted by molar-refractivity contribution is 1.09. The molecule has 3 nitrogen and oxygen atoms in total. The third-order valence-corrected chi connectivity index (χ3v) is 9.82. The van der Waals surface area contributed by atoms with E-state index in [9.17, 15) is 0 Å². The Morgan fingerprint density at radius 2 is 1.24 bits per heavy atom. The van der Waals surface area contributed by atoms with Gasteiger partial charge in [0.15, 0.2) is 0 Å². The number of benzene rings is 6. The minimum Gasteiger partial charge on any atom is -0.337 e. The van der Waals surface area contributed by atoms with E-state index in [1.807, 2.05) is 18.3 Å². The van der Waals surface area contributed by atoms with Crippen LogP contribution in [0.2, 0.25) is 0 Å². The summed E-state index contributed by atoms with van der Waals surface area (Å²) in [6, 6.07) is 56.4. The molecule has 0 unspecified atom stereocenters. The fraction of sp³-hybridized carbons (Fsp3) is 0.0208. The summed E-state index contributed by atoms with van der Waals surface area (Å²) in [6.07, 6.45) is 10.4. The number of pyridine rings is 1. The molecule has 1 aliphatic heterocycles. The Bertz CT molecular complexity index is 2610. The lowest BCUT2D eigenvalue weighted by Crippen LogP contribution is -2.18. The van der Waals surface area contributed by atoms with Crippen LogP contribution in [0.1, 0.15) is 5.56 Å². The van der Waals surface area contributed by atoms with Crippen molar-refractivity contribution in [1.82, 2.24) is 9.55 Å². The maximum Gasteiger partial charge on any atom is 0.0702 e. The Labute approximate surface area is 298 Å². The molecule has 6 aromatic carbocycles. The van der Waals surface area contributed by atoms with E-state index in [0.717, 1.165) is 51.6 Å². The van der Waals surface area contributed by atoms with E-state index in [2.05, 4.69) is 191 Å². The zero-order valence-corrected chi connectivity index (χ0v) is 28.2. The lowest BCUT2D eigenvalue weighted by atomic mass is 9.96. The number of anilines is 2. The van der Waals surface area contributed by atoms with Crippen molar-refractivity contribution in [2.45, 2.75) is 0 Å². The van der Waals surface area contributed by atoms with Gasteiger partial charge in [0.1, 0.15) is 0 Å². The number of para-hydroxylation sites is 1. The summed E-state index contributed by atoms with van der Waals surface area (Å²) in [5, 5.41) is 2.45.